The van der Waals surface area contributed by atoms with E-state index in [9.17, 15) is 0 Å². The van der Waals surface area contributed by atoms with Crippen molar-refractivity contribution in [2.75, 3.05) is 65.4 Å². The Hall–Kier alpha value is -1.78. The number of nitrogens with zero attached hydrogens (tertiary/aromatic N) is 4. The van der Waals surface area contributed by atoms with Gasteiger partial charge in [0.25, 0.3) is 0 Å². The number of thiophene rings is 1. The van der Waals surface area contributed by atoms with E-state index in [-0.39, 0.29) is 0 Å². The average molecular weight is 529 g/mol. The van der Waals surface area contributed by atoms with Gasteiger partial charge >= 0.3 is 0 Å². The number of ether oxygens (including phenoxy) is 2. The minimum atomic E-state index is 0.581. The van der Waals surface area contributed by atoms with Gasteiger partial charge in [-0.1, -0.05) is 13.3 Å². The van der Waals surface area contributed by atoms with E-state index in [1.807, 2.05) is 11.3 Å². The molecule has 3 N–H and O–H groups in total. The largest absolute Gasteiger partial charge is 0.382 e. The zero-order valence-corrected chi connectivity index (χ0v) is 23.5. The molecule has 2 aliphatic heterocycles. The van der Waals surface area contributed by atoms with Crippen LogP contribution in [0, 0.1) is 5.92 Å². The maximum Gasteiger partial charge on any atom is 0.152 e. The number of aromatic nitrogens is 3. The van der Waals surface area contributed by atoms with Crippen molar-refractivity contribution in [2.24, 2.45) is 5.92 Å². The lowest BCUT2D eigenvalue weighted by Crippen LogP contribution is -2.35. The number of fused-ring (bicyclic) bond motifs is 3. The number of anilines is 1. The monoisotopic (exact) mass is 528 g/mol. The number of nitrogens with one attached hydrogen (secondary N) is 1. The van der Waals surface area contributed by atoms with Crippen molar-refractivity contribution in [3.8, 4) is 0 Å². The van der Waals surface area contributed by atoms with Gasteiger partial charge < -0.3 is 30.0 Å². The summed E-state index contributed by atoms with van der Waals surface area (Å²) in [5.41, 5.74) is 9.72. The van der Waals surface area contributed by atoms with Crippen molar-refractivity contribution in [2.45, 2.75) is 64.3 Å². The van der Waals surface area contributed by atoms with Gasteiger partial charge in [-0.2, -0.15) is 0 Å². The van der Waals surface area contributed by atoms with E-state index >= 15 is 0 Å². The molecule has 37 heavy (non-hydrogen) atoms. The first kappa shape index (κ1) is 26.8. The van der Waals surface area contributed by atoms with E-state index in [1.54, 1.807) is 7.11 Å². The van der Waals surface area contributed by atoms with Crippen molar-refractivity contribution in [1.29, 1.82) is 0 Å². The number of rotatable bonds is 12. The van der Waals surface area contributed by atoms with E-state index in [4.69, 9.17) is 25.2 Å². The lowest BCUT2D eigenvalue weighted by Gasteiger charge is -2.31. The van der Waals surface area contributed by atoms with Gasteiger partial charge in [-0.15, -0.1) is 11.3 Å². The Morgan fingerprint density at radius 3 is 2.68 bits per heavy atom. The lowest BCUT2D eigenvalue weighted by atomic mass is 9.95. The fourth-order valence-electron chi connectivity index (χ4n) is 5.87. The molecular formula is C28H44N6O2S. The van der Waals surface area contributed by atoms with Crippen LogP contribution in [-0.2, 0) is 22.4 Å². The van der Waals surface area contributed by atoms with Crippen LogP contribution >= 0.6 is 11.3 Å². The van der Waals surface area contributed by atoms with Gasteiger partial charge in [-0.3, -0.25) is 0 Å². The minimum Gasteiger partial charge on any atom is -0.382 e. The second kappa shape index (κ2) is 12.8. The molecule has 0 unspecified atom stereocenters. The summed E-state index contributed by atoms with van der Waals surface area (Å²) >= 11 is 1.94. The zero-order valence-electron chi connectivity index (χ0n) is 22.6. The highest BCUT2D eigenvalue weighted by molar-refractivity contribution is 7.20. The number of nitrogen functional groups attached to an aromatic ring is 1. The van der Waals surface area contributed by atoms with Gasteiger partial charge in [0.2, 0.25) is 0 Å². The number of hydrogen-bond acceptors (Lipinski definition) is 8. The molecule has 0 spiro atoms. The van der Waals surface area contributed by atoms with E-state index in [1.165, 1.54) is 53.0 Å². The van der Waals surface area contributed by atoms with E-state index in [0.29, 0.717) is 30.9 Å². The molecule has 0 radical (unpaired) electrons. The Morgan fingerprint density at radius 2 is 1.92 bits per heavy atom. The summed E-state index contributed by atoms with van der Waals surface area (Å²) in [6, 6.07) is 2.32. The molecule has 3 aromatic heterocycles. The maximum absolute atomic E-state index is 6.53. The topological polar surface area (TPSA) is 90.5 Å². The Labute approximate surface area is 224 Å². The highest BCUT2D eigenvalue weighted by atomic mass is 32.1. The van der Waals surface area contributed by atoms with Crippen LogP contribution in [0.25, 0.3) is 21.3 Å². The van der Waals surface area contributed by atoms with Crippen LogP contribution in [0.4, 0.5) is 5.82 Å². The van der Waals surface area contributed by atoms with Crippen LogP contribution in [0.1, 0.15) is 62.1 Å². The van der Waals surface area contributed by atoms with Crippen LogP contribution in [0.5, 0.6) is 0 Å². The van der Waals surface area contributed by atoms with Crippen LogP contribution in [0.3, 0.4) is 0 Å². The first-order chi connectivity index (χ1) is 18.2. The number of aryl methyl sites for hydroxylation is 1. The predicted octanol–water partition coefficient (Wildman–Crippen LogP) is 4.41. The molecule has 5 heterocycles. The van der Waals surface area contributed by atoms with Crippen LogP contribution < -0.4 is 11.1 Å². The molecule has 2 fully saturated rings. The molecule has 0 saturated carbocycles. The SMILES string of the molecule is CCCCc1nc2c(N)nc3cc(C4CCN(CCOCCOC)CC4)sc3c2n1CC1CCNCC1. The molecule has 2 aliphatic rings. The summed E-state index contributed by atoms with van der Waals surface area (Å²) in [5, 5.41) is 3.51. The molecule has 8 nitrogen and oxygen atoms in total. The second-order valence-corrected chi connectivity index (χ2v) is 11.8. The summed E-state index contributed by atoms with van der Waals surface area (Å²) in [6.45, 7) is 10.9. The van der Waals surface area contributed by atoms with Crippen molar-refractivity contribution in [3.05, 3.63) is 16.8 Å². The summed E-state index contributed by atoms with van der Waals surface area (Å²) in [7, 11) is 1.71. The third-order valence-corrected chi connectivity index (χ3v) is 9.40. The molecule has 2 saturated heterocycles. The highest BCUT2D eigenvalue weighted by Gasteiger charge is 2.26. The number of imidazole rings is 1. The van der Waals surface area contributed by atoms with Gasteiger partial charge in [0.1, 0.15) is 11.3 Å². The molecule has 0 atom stereocenters. The standard InChI is InChI=1S/C28H44N6O2S/c1-3-4-5-24-32-25-26(34(24)19-20-6-10-30-11-7-20)27-22(31-28(25)29)18-23(37-27)21-8-12-33(13-9-21)14-15-36-17-16-35-2/h18,20-21,30H,3-17,19H2,1-2H3,(H2,29,31). The van der Waals surface area contributed by atoms with Crippen molar-refractivity contribution in [1.82, 2.24) is 24.8 Å². The second-order valence-electron chi connectivity index (χ2n) is 10.7. The molecule has 0 amide bonds. The maximum atomic E-state index is 6.53. The third-order valence-electron chi connectivity index (χ3n) is 8.10. The van der Waals surface area contributed by atoms with Gasteiger partial charge in [0.05, 0.1) is 35.6 Å². The molecule has 5 rings (SSSR count). The lowest BCUT2D eigenvalue weighted by molar-refractivity contribution is 0.0532. The van der Waals surface area contributed by atoms with Gasteiger partial charge in [0.15, 0.2) is 5.82 Å². The van der Waals surface area contributed by atoms with Crippen LogP contribution in [0.2, 0.25) is 0 Å². The van der Waals surface area contributed by atoms with Gasteiger partial charge in [-0.25, -0.2) is 9.97 Å². The number of likely N-dealkylation sites (tertiary alicyclic amines) is 1. The van der Waals surface area contributed by atoms with Crippen molar-refractivity contribution >= 4 is 38.4 Å². The molecule has 0 bridgehead atoms. The predicted molar refractivity (Wildman–Crippen MR) is 153 cm³/mol. The van der Waals surface area contributed by atoms with E-state index in [0.717, 1.165) is 69.8 Å². The number of unbranched alkanes of at least 4 members (excludes halogenated alkanes) is 1. The fourth-order valence-corrected chi connectivity index (χ4v) is 7.19. The Kier molecular flexibility index (Phi) is 9.31. The molecular weight excluding hydrogens is 484 g/mol. The summed E-state index contributed by atoms with van der Waals surface area (Å²) in [4.78, 5) is 13.9. The molecule has 0 aromatic carbocycles. The number of nitrogens with two attached hydrogens (primary N) is 1. The van der Waals surface area contributed by atoms with Crippen molar-refractivity contribution < 1.29 is 9.47 Å². The van der Waals surface area contributed by atoms with Gasteiger partial charge in [0, 0.05) is 31.5 Å². The summed E-state index contributed by atoms with van der Waals surface area (Å²) in [6.07, 6.45) is 8.13. The minimum absolute atomic E-state index is 0.581. The Bertz CT molecular complexity index is 1150. The van der Waals surface area contributed by atoms with Crippen molar-refractivity contribution in [3.63, 3.8) is 0 Å². The van der Waals surface area contributed by atoms with Gasteiger partial charge in [-0.05, 0) is 76.2 Å². The summed E-state index contributed by atoms with van der Waals surface area (Å²) < 4.78 is 14.5. The molecule has 9 heteroatoms. The quantitative estimate of drug-likeness (QED) is 0.337. The Morgan fingerprint density at radius 1 is 1.11 bits per heavy atom. The normalized spacial score (nSPS) is 18.4. The van der Waals surface area contributed by atoms with E-state index < -0.39 is 0 Å². The molecule has 204 valence electrons. The Balaban J connectivity index is 1.37. The molecule has 3 aromatic rings. The number of methoxy groups -OCH3 is 1. The molecule has 0 aliphatic carbocycles. The number of piperidine rings is 2. The highest BCUT2D eigenvalue weighted by Crippen LogP contribution is 2.40. The zero-order chi connectivity index (χ0) is 25.6. The van der Waals surface area contributed by atoms with Crippen LogP contribution in [-0.4, -0.2) is 79.1 Å². The average Bonchev–Trinajstić information content (AvgIpc) is 3.50. The number of pyridine rings is 1. The summed E-state index contributed by atoms with van der Waals surface area (Å²) in [5.74, 6) is 3.04. The van der Waals surface area contributed by atoms with E-state index in [2.05, 4.69) is 27.8 Å². The first-order valence-corrected chi connectivity index (χ1v) is 15.1. The smallest absolute Gasteiger partial charge is 0.152 e. The third kappa shape index (κ3) is 6.28. The first-order valence-electron chi connectivity index (χ1n) is 14.3. The fraction of sp³-hybridized carbons (Fsp3) is 0.714. The number of hydrogen-bond donors (Lipinski definition) is 2. The van der Waals surface area contributed by atoms with Crippen LogP contribution in [0.15, 0.2) is 6.07 Å².